The van der Waals surface area contributed by atoms with E-state index in [2.05, 4.69) is 45.8 Å². The number of pyridine rings is 1. The van der Waals surface area contributed by atoms with E-state index in [1.807, 2.05) is 48.5 Å². The zero-order chi connectivity index (χ0) is 22.3. The predicted molar refractivity (Wildman–Crippen MR) is 128 cm³/mol. The summed E-state index contributed by atoms with van der Waals surface area (Å²) in [7, 11) is 0. The van der Waals surface area contributed by atoms with Crippen molar-refractivity contribution in [2.45, 2.75) is 25.0 Å². The van der Waals surface area contributed by atoms with Crippen molar-refractivity contribution in [1.82, 2.24) is 14.3 Å². The molecule has 0 saturated carbocycles. The molecule has 0 atom stereocenters. The molecule has 33 heavy (non-hydrogen) atoms. The van der Waals surface area contributed by atoms with Gasteiger partial charge in [0.25, 0.3) is 0 Å². The molecule has 2 aliphatic heterocycles. The van der Waals surface area contributed by atoms with E-state index in [1.54, 1.807) is 4.90 Å². The predicted octanol–water partition coefficient (Wildman–Crippen LogP) is 4.99. The van der Waals surface area contributed by atoms with Crippen molar-refractivity contribution in [2.75, 3.05) is 24.5 Å². The Morgan fingerprint density at radius 2 is 1.58 bits per heavy atom. The van der Waals surface area contributed by atoms with Gasteiger partial charge in [0.1, 0.15) is 11.2 Å². The number of rotatable bonds is 4. The number of carbonyl (C=O) groups excluding carboxylic acids is 1. The minimum atomic E-state index is -0.398. The van der Waals surface area contributed by atoms with E-state index in [0.717, 1.165) is 55.1 Å². The Morgan fingerprint density at radius 1 is 0.879 bits per heavy atom. The van der Waals surface area contributed by atoms with Gasteiger partial charge in [0, 0.05) is 49.9 Å². The van der Waals surface area contributed by atoms with Crippen LogP contribution in [0.5, 0.6) is 0 Å². The van der Waals surface area contributed by atoms with Crippen LogP contribution >= 0.6 is 0 Å². The van der Waals surface area contributed by atoms with Gasteiger partial charge in [-0.1, -0.05) is 54.6 Å². The summed E-state index contributed by atoms with van der Waals surface area (Å²) in [5, 5.41) is 0. The Kier molecular flexibility index (Phi) is 4.88. The van der Waals surface area contributed by atoms with Crippen LogP contribution in [0.1, 0.15) is 18.5 Å². The fraction of sp³-hybridized carbons (Fsp3) is 0.259. The summed E-state index contributed by atoms with van der Waals surface area (Å²) in [6.45, 7) is 3.19. The number of benzene rings is 2. The zero-order valence-corrected chi connectivity index (χ0v) is 18.4. The molecule has 2 aromatic heterocycles. The van der Waals surface area contributed by atoms with Crippen molar-refractivity contribution in [1.29, 1.82) is 0 Å². The largest absolute Gasteiger partial charge is 0.441 e. The van der Waals surface area contributed by atoms with Gasteiger partial charge in [-0.15, -0.1) is 0 Å². The number of para-hydroxylation sites is 1. The van der Waals surface area contributed by atoms with Crippen LogP contribution in [-0.2, 0) is 11.3 Å². The van der Waals surface area contributed by atoms with E-state index in [-0.39, 0.29) is 6.09 Å². The summed E-state index contributed by atoms with van der Waals surface area (Å²) < 4.78 is 8.14. The van der Waals surface area contributed by atoms with Crippen molar-refractivity contribution in [3.63, 3.8) is 0 Å². The zero-order valence-electron chi connectivity index (χ0n) is 18.4. The number of fused-ring (bicyclic) bond motifs is 1. The van der Waals surface area contributed by atoms with Gasteiger partial charge in [-0.2, -0.15) is 0 Å². The first-order valence-corrected chi connectivity index (χ1v) is 11.5. The Bertz CT molecular complexity index is 1280. The second-order valence-electron chi connectivity index (χ2n) is 8.95. The van der Waals surface area contributed by atoms with Gasteiger partial charge in [0.05, 0.1) is 17.9 Å². The van der Waals surface area contributed by atoms with Gasteiger partial charge < -0.3 is 9.14 Å². The molecule has 1 amide bonds. The standard InChI is InChI=1S/C27H26N4O2/c32-26-31(22-11-5-2-6-12-22)20-27(33-26)14-17-29(18-15-27)19-23-25(21-9-3-1-4-10-21)28-24-13-7-8-16-30(23)24/h1-13,16H,14-15,17-20H2. The number of piperidine rings is 1. The first-order chi connectivity index (χ1) is 16.2. The number of anilines is 1. The third-order valence-corrected chi connectivity index (χ3v) is 6.86. The fourth-order valence-electron chi connectivity index (χ4n) is 5.05. The van der Waals surface area contributed by atoms with Crippen molar-refractivity contribution in [3.8, 4) is 11.3 Å². The monoisotopic (exact) mass is 438 g/mol. The summed E-state index contributed by atoms with van der Waals surface area (Å²) in [4.78, 5) is 21.8. The maximum absolute atomic E-state index is 12.6. The van der Waals surface area contributed by atoms with Crippen LogP contribution in [0.3, 0.4) is 0 Å². The van der Waals surface area contributed by atoms with E-state index in [9.17, 15) is 4.79 Å². The van der Waals surface area contributed by atoms with Crippen LogP contribution in [0.2, 0.25) is 0 Å². The molecule has 0 N–H and O–H groups in total. The molecule has 6 heteroatoms. The number of imidazole rings is 1. The second-order valence-corrected chi connectivity index (χ2v) is 8.95. The number of amides is 1. The molecule has 1 spiro atoms. The first kappa shape index (κ1) is 20.0. The molecule has 2 fully saturated rings. The van der Waals surface area contributed by atoms with Gasteiger partial charge >= 0.3 is 6.09 Å². The molecule has 2 saturated heterocycles. The van der Waals surface area contributed by atoms with Crippen LogP contribution in [0, 0.1) is 0 Å². The topological polar surface area (TPSA) is 50.1 Å². The van der Waals surface area contributed by atoms with Crippen LogP contribution < -0.4 is 4.90 Å². The molecular formula is C27H26N4O2. The summed E-state index contributed by atoms with van der Waals surface area (Å²) in [5.41, 5.74) is 4.83. The maximum Gasteiger partial charge on any atom is 0.415 e. The second kappa shape index (κ2) is 8.05. The molecular weight excluding hydrogens is 412 g/mol. The lowest BCUT2D eigenvalue weighted by atomic mass is 9.91. The van der Waals surface area contributed by atoms with Crippen molar-refractivity contribution in [3.05, 3.63) is 90.8 Å². The van der Waals surface area contributed by atoms with Crippen LogP contribution in [0.15, 0.2) is 85.1 Å². The molecule has 6 nitrogen and oxygen atoms in total. The highest BCUT2D eigenvalue weighted by Crippen LogP contribution is 2.36. The SMILES string of the molecule is O=C1OC2(CCN(Cc3c(-c4ccccc4)nc4ccccn34)CC2)CN1c1ccccc1. The highest BCUT2D eigenvalue weighted by atomic mass is 16.6. The highest BCUT2D eigenvalue weighted by molar-refractivity contribution is 5.90. The van der Waals surface area contributed by atoms with E-state index < -0.39 is 5.60 Å². The third kappa shape index (κ3) is 3.66. The molecule has 6 rings (SSSR count). The minimum Gasteiger partial charge on any atom is -0.441 e. The van der Waals surface area contributed by atoms with Crippen LogP contribution in [-0.4, -0.2) is 45.6 Å². The highest BCUT2D eigenvalue weighted by Gasteiger charge is 2.47. The number of nitrogens with zero attached hydrogens (tertiary/aromatic N) is 4. The Balaban J connectivity index is 1.21. The van der Waals surface area contributed by atoms with Gasteiger partial charge in [-0.25, -0.2) is 9.78 Å². The lowest BCUT2D eigenvalue weighted by molar-refractivity contribution is -0.00124. The molecule has 4 aromatic rings. The summed E-state index contributed by atoms with van der Waals surface area (Å²) in [6, 6.07) is 26.3. The van der Waals surface area contributed by atoms with Gasteiger partial charge in [-0.05, 0) is 24.3 Å². The molecule has 4 heterocycles. The van der Waals surface area contributed by atoms with E-state index in [1.165, 1.54) is 5.69 Å². The average molecular weight is 439 g/mol. The van der Waals surface area contributed by atoms with Gasteiger partial charge in [-0.3, -0.25) is 9.80 Å². The summed E-state index contributed by atoms with van der Waals surface area (Å²) in [5.74, 6) is 0. The minimum absolute atomic E-state index is 0.234. The molecule has 0 aliphatic carbocycles. The third-order valence-electron chi connectivity index (χ3n) is 6.86. The van der Waals surface area contributed by atoms with E-state index >= 15 is 0 Å². The molecule has 0 unspecified atom stereocenters. The molecule has 0 bridgehead atoms. The molecule has 2 aliphatic rings. The Morgan fingerprint density at radius 3 is 2.33 bits per heavy atom. The summed E-state index contributed by atoms with van der Waals surface area (Å²) >= 11 is 0. The molecule has 166 valence electrons. The van der Waals surface area contributed by atoms with Crippen molar-refractivity contribution >= 4 is 17.4 Å². The Labute approximate surface area is 193 Å². The van der Waals surface area contributed by atoms with Crippen LogP contribution in [0.25, 0.3) is 16.9 Å². The molecule has 0 radical (unpaired) electrons. The van der Waals surface area contributed by atoms with Gasteiger partial charge in [0.15, 0.2) is 0 Å². The van der Waals surface area contributed by atoms with Crippen LogP contribution in [0.4, 0.5) is 10.5 Å². The van der Waals surface area contributed by atoms with Crippen molar-refractivity contribution in [2.24, 2.45) is 0 Å². The first-order valence-electron chi connectivity index (χ1n) is 11.5. The number of hydrogen-bond acceptors (Lipinski definition) is 4. The number of hydrogen-bond donors (Lipinski definition) is 0. The number of aromatic nitrogens is 2. The number of ether oxygens (including phenoxy) is 1. The number of carbonyl (C=O) groups is 1. The fourth-order valence-corrected chi connectivity index (χ4v) is 5.05. The lowest BCUT2D eigenvalue weighted by Gasteiger charge is -2.37. The average Bonchev–Trinajstić information content (AvgIpc) is 3.39. The normalized spacial score (nSPS) is 18.2. The quantitative estimate of drug-likeness (QED) is 0.450. The Hall–Kier alpha value is -3.64. The summed E-state index contributed by atoms with van der Waals surface area (Å²) in [6.07, 6.45) is 3.52. The number of likely N-dealkylation sites (tertiary alicyclic amines) is 1. The lowest BCUT2D eigenvalue weighted by Crippen LogP contribution is -2.46. The van der Waals surface area contributed by atoms with Crippen molar-refractivity contribution < 1.29 is 9.53 Å². The smallest absolute Gasteiger partial charge is 0.415 e. The van der Waals surface area contributed by atoms with Gasteiger partial charge in [0.2, 0.25) is 0 Å². The maximum atomic E-state index is 12.6. The molecule has 2 aromatic carbocycles. The van der Waals surface area contributed by atoms with E-state index in [0.29, 0.717) is 6.54 Å². The van der Waals surface area contributed by atoms with E-state index in [4.69, 9.17) is 9.72 Å².